The first-order chi connectivity index (χ1) is 9.32. The number of carboxylic acid groups (broad SMARTS) is 1. The van der Waals surface area contributed by atoms with Crippen molar-refractivity contribution in [1.29, 1.82) is 0 Å². The fourth-order valence-corrected chi connectivity index (χ4v) is 1.89. The van der Waals surface area contributed by atoms with E-state index in [1.165, 1.54) is 12.1 Å². The quantitative estimate of drug-likeness (QED) is 0.613. The number of nitrogens with one attached hydrogen (secondary N) is 1. The summed E-state index contributed by atoms with van der Waals surface area (Å²) in [6, 6.07) is 4.22. The van der Waals surface area contributed by atoms with Crippen molar-refractivity contribution in [2.75, 3.05) is 5.32 Å². The number of aliphatic carboxylic acids is 1. The van der Waals surface area contributed by atoms with E-state index in [9.17, 15) is 14.9 Å². The fraction of sp³-hybridized carbons (Fsp3) is 0.462. The summed E-state index contributed by atoms with van der Waals surface area (Å²) in [6.07, 6.45) is 0.885. The molecule has 108 valence electrons. The van der Waals surface area contributed by atoms with Crippen molar-refractivity contribution in [3.8, 4) is 5.75 Å². The molecule has 1 aliphatic rings. The first-order valence-electron chi connectivity index (χ1n) is 6.30. The number of nitro benzene ring substituents is 1. The number of anilines is 1. The van der Waals surface area contributed by atoms with E-state index < -0.39 is 16.4 Å². The van der Waals surface area contributed by atoms with Crippen molar-refractivity contribution in [1.82, 2.24) is 0 Å². The molecule has 1 saturated carbocycles. The zero-order valence-corrected chi connectivity index (χ0v) is 11.3. The lowest BCUT2D eigenvalue weighted by Crippen LogP contribution is -2.31. The van der Waals surface area contributed by atoms with Gasteiger partial charge in [0.25, 0.3) is 5.69 Å². The molecule has 7 heteroatoms. The maximum absolute atomic E-state index is 11.1. The van der Waals surface area contributed by atoms with Gasteiger partial charge in [-0.25, -0.2) is 4.79 Å². The van der Waals surface area contributed by atoms with Crippen LogP contribution in [0, 0.1) is 10.1 Å². The van der Waals surface area contributed by atoms with Crippen molar-refractivity contribution in [2.24, 2.45) is 0 Å². The summed E-state index contributed by atoms with van der Waals surface area (Å²) >= 11 is 0. The van der Waals surface area contributed by atoms with Crippen LogP contribution in [0.1, 0.15) is 26.7 Å². The second-order valence-corrected chi connectivity index (χ2v) is 5.15. The Balaban J connectivity index is 2.29. The summed E-state index contributed by atoms with van der Waals surface area (Å²) in [7, 11) is 0. The summed E-state index contributed by atoms with van der Waals surface area (Å²) in [6.45, 7) is 3.62. The van der Waals surface area contributed by atoms with E-state index in [1.807, 2.05) is 13.8 Å². The predicted molar refractivity (Wildman–Crippen MR) is 72.1 cm³/mol. The van der Waals surface area contributed by atoms with Gasteiger partial charge in [-0.1, -0.05) is 0 Å². The van der Waals surface area contributed by atoms with Crippen LogP contribution in [0.4, 0.5) is 11.4 Å². The highest BCUT2D eigenvalue weighted by Crippen LogP contribution is 2.40. The first kappa shape index (κ1) is 14.1. The molecular formula is C13H16N2O5. The van der Waals surface area contributed by atoms with Crippen LogP contribution in [0.2, 0.25) is 0 Å². The Bertz CT molecular complexity index is 552. The molecule has 7 nitrogen and oxygen atoms in total. The van der Waals surface area contributed by atoms with Crippen LogP contribution in [0.5, 0.6) is 5.75 Å². The first-order valence-corrected chi connectivity index (χ1v) is 6.30. The molecular weight excluding hydrogens is 264 g/mol. The molecule has 0 atom stereocenters. The predicted octanol–water partition coefficient (Wildman–Crippen LogP) is 2.41. The number of rotatable bonds is 6. The van der Waals surface area contributed by atoms with E-state index in [1.54, 1.807) is 6.07 Å². The van der Waals surface area contributed by atoms with Crippen LogP contribution in [0.25, 0.3) is 0 Å². The highest BCUT2D eigenvalue weighted by Gasteiger charge is 2.50. The summed E-state index contributed by atoms with van der Waals surface area (Å²) in [4.78, 5) is 21.5. The SMILES string of the molecule is CC(C)Oc1cc(NC2(C(=O)O)CC2)cc([N+](=O)[O-])c1. The van der Waals surface area contributed by atoms with Gasteiger partial charge in [0.2, 0.25) is 0 Å². The highest BCUT2D eigenvalue weighted by atomic mass is 16.6. The number of hydrogen-bond donors (Lipinski definition) is 2. The molecule has 0 aromatic heterocycles. The van der Waals surface area contributed by atoms with Gasteiger partial charge in [-0.3, -0.25) is 10.1 Å². The number of benzene rings is 1. The Hall–Kier alpha value is -2.31. The van der Waals surface area contributed by atoms with Crippen LogP contribution in [0.3, 0.4) is 0 Å². The lowest BCUT2D eigenvalue weighted by Gasteiger charge is -2.16. The number of ether oxygens (including phenoxy) is 1. The Morgan fingerprint density at radius 2 is 2.10 bits per heavy atom. The number of nitro groups is 1. The monoisotopic (exact) mass is 280 g/mol. The number of carbonyl (C=O) groups is 1. The molecule has 2 N–H and O–H groups in total. The van der Waals surface area contributed by atoms with Crippen LogP contribution >= 0.6 is 0 Å². The third-order valence-corrected chi connectivity index (χ3v) is 3.02. The largest absolute Gasteiger partial charge is 0.491 e. The van der Waals surface area contributed by atoms with Crippen molar-refractivity contribution >= 4 is 17.3 Å². The van der Waals surface area contributed by atoms with Crippen molar-refractivity contribution < 1.29 is 19.6 Å². The third kappa shape index (κ3) is 2.98. The van der Waals surface area contributed by atoms with E-state index in [-0.39, 0.29) is 11.8 Å². The molecule has 1 aliphatic carbocycles. The van der Waals surface area contributed by atoms with Crippen molar-refractivity contribution in [3.05, 3.63) is 28.3 Å². The molecule has 1 aromatic carbocycles. The maximum atomic E-state index is 11.1. The number of hydrogen-bond acceptors (Lipinski definition) is 5. The number of carboxylic acids is 1. The Morgan fingerprint density at radius 3 is 2.55 bits per heavy atom. The van der Waals surface area contributed by atoms with Crippen molar-refractivity contribution in [3.63, 3.8) is 0 Å². The minimum Gasteiger partial charge on any atom is -0.491 e. The molecule has 0 unspecified atom stereocenters. The van der Waals surface area contributed by atoms with Gasteiger partial charge in [-0.2, -0.15) is 0 Å². The molecule has 2 rings (SSSR count). The Labute approximate surface area is 115 Å². The smallest absolute Gasteiger partial charge is 0.329 e. The highest BCUT2D eigenvalue weighted by molar-refractivity contribution is 5.86. The van der Waals surface area contributed by atoms with E-state index in [4.69, 9.17) is 9.84 Å². The summed E-state index contributed by atoms with van der Waals surface area (Å²) < 4.78 is 5.45. The maximum Gasteiger partial charge on any atom is 0.329 e. The molecule has 1 fully saturated rings. The average Bonchev–Trinajstić information content (AvgIpc) is 3.08. The molecule has 20 heavy (non-hydrogen) atoms. The second-order valence-electron chi connectivity index (χ2n) is 5.15. The summed E-state index contributed by atoms with van der Waals surface area (Å²) in [5.41, 5.74) is -0.744. The third-order valence-electron chi connectivity index (χ3n) is 3.02. The van der Waals surface area contributed by atoms with Gasteiger partial charge >= 0.3 is 5.97 Å². The van der Waals surface area contributed by atoms with E-state index in [2.05, 4.69) is 5.32 Å². The minimum absolute atomic E-state index is 0.126. The van der Waals surface area contributed by atoms with Crippen LogP contribution in [-0.4, -0.2) is 27.6 Å². The zero-order chi connectivity index (χ0) is 14.9. The standard InChI is InChI=1S/C13H16N2O5/c1-8(2)20-11-6-9(5-10(7-11)15(18)19)14-13(3-4-13)12(16)17/h5-8,14H,3-4H2,1-2H3,(H,16,17). The Kier molecular flexibility index (Phi) is 3.52. The van der Waals surface area contributed by atoms with Crippen molar-refractivity contribution in [2.45, 2.75) is 38.3 Å². The van der Waals surface area contributed by atoms with Gasteiger partial charge < -0.3 is 15.2 Å². The van der Waals surface area contributed by atoms with Crippen LogP contribution in [0.15, 0.2) is 18.2 Å². The van der Waals surface area contributed by atoms with Gasteiger partial charge in [0.15, 0.2) is 0 Å². The van der Waals surface area contributed by atoms with Gasteiger partial charge in [-0.05, 0) is 26.7 Å². The molecule has 0 radical (unpaired) electrons. The van der Waals surface area contributed by atoms with E-state index in [0.29, 0.717) is 24.3 Å². The molecule has 0 saturated heterocycles. The molecule has 0 spiro atoms. The van der Waals surface area contributed by atoms with Gasteiger partial charge in [0.05, 0.1) is 17.1 Å². The number of non-ortho nitro benzene ring substituents is 1. The van der Waals surface area contributed by atoms with E-state index >= 15 is 0 Å². The van der Waals surface area contributed by atoms with Gasteiger partial charge in [0, 0.05) is 17.8 Å². The molecule has 1 aromatic rings. The summed E-state index contributed by atoms with van der Waals surface area (Å²) in [5.74, 6) is -0.603. The fourth-order valence-electron chi connectivity index (χ4n) is 1.89. The zero-order valence-electron chi connectivity index (χ0n) is 11.3. The molecule has 0 heterocycles. The average molecular weight is 280 g/mol. The molecule has 0 bridgehead atoms. The second kappa shape index (κ2) is 4.99. The molecule has 0 amide bonds. The lowest BCUT2D eigenvalue weighted by atomic mass is 10.2. The van der Waals surface area contributed by atoms with E-state index in [0.717, 1.165) is 0 Å². The topological polar surface area (TPSA) is 102 Å². The van der Waals surface area contributed by atoms with Gasteiger partial charge in [-0.15, -0.1) is 0 Å². The lowest BCUT2D eigenvalue weighted by molar-refractivity contribution is -0.384. The van der Waals surface area contributed by atoms with Crippen LogP contribution < -0.4 is 10.1 Å². The van der Waals surface area contributed by atoms with Gasteiger partial charge in [0.1, 0.15) is 11.3 Å². The minimum atomic E-state index is -0.996. The molecule has 0 aliphatic heterocycles. The number of nitrogens with zero attached hydrogens (tertiary/aromatic N) is 1. The summed E-state index contributed by atoms with van der Waals surface area (Å²) in [5, 5.41) is 22.9. The Morgan fingerprint density at radius 1 is 1.45 bits per heavy atom. The van der Waals surface area contributed by atoms with Crippen LogP contribution in [-0.2, 0) is 4.79 Å². The normalized spacial score (nSPS) is 15.8.